The number of rotatable bonds is 14. The highest BCUT2D eigenvalue weighted by molar-refractivity contribution is 7.90. The van der Waals surface area contributed by atoms with Gasteiger partial charge in [-0.15, -0.1) is 0 Å². The number of aromatic nitrogens is 1. The molecule has 3 aromatic rings. The molecule has 9 nitrogen and oxygen atoms in total. The molecule has 1 aromatic heterocycles. The van der Waals surface area contributed by atoms with E-state index >= 15 is 0 Å². The summed E-state index contributed by atoms with van der Waals surface area (Å²) in [7, 11) is -0.920. The summed E-state index contributed by atoms with van der Waals surface area (Å²) < 4.78 is 37.6. The molecule has 0 atom stereocenters. The molecule has 1 N–H and O–H groups in total. The Morgan fingerprint density at radius 1 is 0.897 bits per heavy atom. The molecule has 0 bridgehead atoms. The molecule has 0 saturated carbocycles. The second-order valence-electron chi connectivity index (χ2n) is 9.04. The predicted molar refractivity (Wildman–Crippen MR) is 148 cm³/mol. The summed E-state index contributed by atoms with van der Waals surface area (Å²) in [5.41, 5.74) is 2.45. The number of methoxy groups -OCH3 is 2. The molecule has 1 heterocycles. The SMILES string of the molecule is COc1cc(C(=O)N(CCCCC(=O)NS(=O)(=O)c2ccccn2)CCCc2ccccc2)cc(OC)c1C. The Balaban J connectivity index is 1.63. The molecule has 3 rings (SSSR count). The van der Waals surface area contributed by atoms with Gasteiger partial charge in [0.05, 0.1) is 14.2 Å². The van der Waals surface area contributed by atoms with Gasteiger partial charge in [0.25, 0.3) is 15.9 Å². The second-order valence-corrected chi connectivity index (χ2v) is 10.7. The molecule has 208 valence electrons. The summed E-state index contributed by atoms with van der Waals surface area (Å²) in [5.74, 6) is 0.345. The van der Waals surface area contributed by atoms with E-state index in [0.29, 0.717) is 43.0 Å². The third kappa shape index (κ3) is 8.54. The Bertz CT molecular complexity index is 1320. The first-order valence-electron chi connectivity index (χ1n) is 12.8. The molecule has 0 unspecified atom stereocenters. The average molecular weight is 554 g/mol. The number of sulfonamides is 1. The van der Waals surface area contributed by atoms with Crippen LogP contribution in [0.1, 0.15) is 47.2 Å². The largest absolute Gasteiger partial charge is 0.496 e. The maximum absolute atomic E-state index is 13.6. The quantitative estimate of drug-likeness (QED) is 0.298. The summed E-state index contributed by atoms with van der Waals surface area (Å²) in [6.45, 7) is 2.79. The van der Waals surface area contributed by atoms with E-state index in [1.54, 1.807) is 37.3 Å². The van der Waals surface area contributed by atoms with Crippen molar-refractivity contribution in [1.82, 2.24) is 14.6 Å². The highest BCUT2D eigenvalue weighted by atomic mass is 32.2. The predicted octanol–water partition coefficient (Wildman–Crippen LogP) is 4.16. The highest BCUT2D eigenvalue weighted by Crippen LogP contribution is 2.30. The van der Waals surface area contributed by atoms with Crippen LogP contribution in [0.5, 0.6) is 11.5 Å². The monoisotopic (exact) mass is 553 g/mol. The van der Waals surface area contributed by atoms with Gasteiger partial charge in [-0.05, 0) is 62.4 Å². The molecule has 0 fully saturated rings. The third-order valence-corrected chi connectivity index (χ3v) is 7.55. The summed E-state index contributed by atoms with van der Waals surface area (Å²) in [4.78, 5) is 31.4. The number of pyridine rings is 1. The molecule has 0 spiro atoms. The van der Waals surface area contributed by atoms with Crippen LogP contribution in [0.3, 0.4) is 0 Å². The minimum absolute atomic E-state index is 0.00425. The number of ether oxygens (including phenoxy) is 2. The Kier molecular flexibility index (Phi) is 10.9. The van der Waals surface area contributed by atoms with E-state index in [-0.39, 0.29) is 17.4 Å². The molecule has 2 aromatic carbocycles. The van der Waals surface area contributed by atoms with E-state index < -0.39 is 15.9 Å². The number of aryl methyl sites for hydroxylation is 1. The van der Waals surface area contributed by atoms with E-state index in [0.717, 1.165) is 18.4 Å². The van der Waals surface area contributed by atoms with Crippen molar-refractivity contribution < 1.29 is 27.5 Å². The molecule has 0 aliphatic heterocycles. The standard InChI is InChI=1S/C29H35N3O6S/c1-22-25(37-2)20-24(21-26(22)38-3)29(34)32(19-11-14-23-12-5-4-6-13-23)18-10-8-15-27(33)31-39(35,36)28-16-7-9-17-30-28/h4-7,9,12-13,16-17,20-21H,8,10-11,14-15,18-19H2,1-3H3,(H,31,33). The Morgan fingerprint density at radius 3 is 2.15 bits per heavy atom. The van der Waals surface area contributed by atoms with Gasteiger partial charge in [0.1, 0.15) is 11.5 Å². The average Bonchev–Trinajstić information content (AvgIpc) is 2.95. The first-order chi connectivity index (χ1) is 18.7. The molecule has 0 saturated heterocycles. The number of hydrogen-bond donors (Lipinski definition) is 1. The van der Waals surface area contributed by atoms with Gasteiger partial charge in [-0.25, -0.2) is 9.71 Å². The fourth-order valence-corrected chi connectivity index (χ4v) is 5.14. The zero-order chi connectivity index (χ0) is 28.3. The highest BCUT2D eigenvalue weighted by Gasteiger charge is 2.21. The first-order valence-corrected chi connectivity index (χ1v) is 14.3. The maximum Gasteiger partial charge on any atom is 0.281 e. The lowest BCUT2D eigenvalue weighted by Gasteiger charge is -2.24. The van der Waals surface area contributed by atoms with E-state index in [9.17, 15) is 18.0 Å². The lowest BCUT2D eigenvalue weighted by atomic mass is 10.1. The number of carbonyl (C=O) groups excluding carboxylic acids is 2. The first kappa shape index (κ1) is 29.6. The van der Waals surface area contributed by atoms with Crippen LogP contribution in [0.25, 0.3) is 0 Å². The van der Waals surface area contributed by atoms with Crippen molar-refractivity contribution in [1.29, 1.82) is 0 Å². The van der Waals surface area contributed by atoms with E-state index in [4.69, 9.17) is 9.47 Å². The number of amides is 2. The van der Waals surface area contributed by atoms with E-state index in [2.05, 4.69) is 21.8 Å². The number of nitrogens with zero attached hydrogens (tertiary/aromatic N) is 2. The smallest absolute Gasteiger partial charge is 0.281 e. The van der Waals surface area contributed by atoms with E-state index in [1.807, 2.05) is 25.1 Å². The van der Waals surface area contributed by atoms with Crippen molar-refractivity contribution in [3.63, 3.8) is 0 Å². The van der Waals surface area contributed by atoms with Gasteiger partial charge in [-0.1, -0.05) is 36.4 Å². The molecule has 2 amide bonds. The van der Waals surface area contributed by atoms with Crippen molar-refractivity contribution in [2.45, 2.75) is 44.1 Å². The molecule has 0 radical (unpaired) electrons. The molecule has 10 heteroatoms. The number of carbonyl (C=O) groups is 2. The van der Waals surface area contributed by atoms with Crippen LogP contribution in [0, 0.1) is 6.92 Å². The number of nitrogens with one attached hydrogen (secondary N) is 1. The van der Waals surface area contributed by atoms with Gasteiger partial charge >= 0.3 is 0 Å². The van der Waals surface area contributed by atoms with Crippen LogP contribution in [0.4, 0.5) is 0 Å². The van der Waals surface area contributed by atoms with Gasteiger partial charge < -0.3 is 14.4 Å². The fraction of sp³-hybridized carbons (Fsp3) is 0.345. The van der Waals surface area contributed by atoms with Crippen LogP contribution in [-0.2, 0) is 21.2 Å². The summed E-state index contributed by atoms with van der Waals surface area (Å²) >= 11 is 0. The van der Waals surface area contributed by atoms with Crippen molar-refractivity contribution in [3.05, 3.63) is 83.6 Å². The van der Waals surface area contributed by atoms with Crippen molar-refractivity contribution in [3.8, 4) is 11.5 Å². The summed E-state index contributed by atoms with van der Waals surface area (Å²) in [6.07, 6.45) is 3.87. The Hall–Kier alpha value is -3.92. The number of unbranched alkanes of at least 4 members (excludes halogenated alkanes) is 1. The van der Waals surface area contributed by atoms with Crippen LogP contribution >= 0.6 is 0 Å². The molecular weight excluding hydrogens is 518 g/mol. The van der Waals surface area contributed by atoms with E-state index in [1.165, 1.54) is 23.9 Å². The van der Waals surface area contributed by atoms with Crippen LogP contribution in [0.15, 0.2) is 71.9 Å². The van der Waals surface area contributed by atoms with Gasteiger partial charge in [0, 0.05) is 36.8 Å². The lowest BCUT2D eigenvalue weighted by molar-refractivity contribution is -0.119. The Morgan fingerprint density at radius 2 is 1.54 bits per heavy atom. The maximum atomic E-state index is 13.6. The molecule has 0 aliphatic carbocycles. The van der Waals surface area contributed by atoms with Crippen molar-refractivity contribution in [2.24, 2.45) is 0 Å². The lowest BCUT2D eigenvalue weighted by Crippen LogP contribution is -2.34. The van der Waals surface area contributed by atoms with Gasteiger partial charge in [-0.2, -0.15) is 8.42 Å². The van der Waals surface area contributed by atoms with Gasteiger partial charge in [-0.3, -0.25) is 9.59 Å². The van der Waals surface area contributed by atoms with Crippen LogP contribution < -0.4 is 14.2 Å². The summed E-state index contributed by atoms with van der Waals surface area (Å²) in [5, 5.41) is -0.211. The van der Waals surface area contributed by atoms with Gasteiger partial charge in [0.15, 0.2) is 5.03 Å². The number of hydrogen-bond acceptors (Lipinski definition) is 7. The number of benzene rings is 2. The normalized spacial score (nSPS) is 11.1. The third-order valence-electron chi connectivity index (χ3n) is 6.27. The minimum Gasteiger partial charge on any atom is -0.496 e. The molecule has 39 heavy (non-hydrogen) atoms. The second kappa shape index (κ2) is 14.3. The fourth-order valence-electron chi connectivity index (χ4n) is 4.17. The summed E-state index contributed by atoms with van der Waals surface area (Å²) in [6, 6.07) is 17.9. The Labute approximate surface area is 230 Å². The topological polar surface area (TPSA) is 115 Å². The molecule has 0 aliphatic rings. The van der Waals surface area contributed by atoms with Crippen molar-refractivity contribution in [2.75, 3.05) is 27.3 Å². The minimum atomic E-state index is -4.02. The van der Waals surface area contributed by atoms with Crippen LogP contribution in [0.2, 0.25) is 0 Å². The zero-order valence-corrected chi connectivity index (χ0v) is 23.4. The molecular formula is C29H35N3O6S. The van der Waals surface area contributed by atoms with Crippen LogP contribution in [-0.4, -0.2) is 57.4 Å². The zero-order valence-electron chi connectivity index (χ0n) is 22.6. The van der Waals surface area contributed by atoms with Gasteiger partial charge in [0.2, 0.25) is 5.91 Å². The van der Waals surface area contributed by atoms with Crippen molar-refractivity contribution >= 4 is 21.8 Å².